The van der Waals surface area contributed by atoms with Gasteiger partial charge in [0.25, 0.3) is 0 Å². The number of thiocarbonyl (C=S) groups is 1. The summed E-state index contributed by atoms with van der Waals surface area (Å²) in [6, 6.07) is 0. The van der Waals surface area contributed by atoms with Gasteiger partial charge in [0.15, 0.2) is 0 Å². The van der Waals surface area contributed by atoms with Crippen molar-refractivity contribution in [3.63, 3.8) is 0 Å². The van der Waals surface area contributed by atoms with Gasteiger partial charge < -0.3 is 10.5 Å². The van der Waals surface area contributed by atoms with Crippen LogP contribution in [-0.4, -0.2) is 27.9 Å². The summed E-state index contributed by atoms with van der Waals surface area (Å²) in [5.74, 6) is 0.343. The molecule has 0 saturated heterocycles. The molecule has 4 N–H and O–H groups in total. The van der Waals surface area contributed by atoms with Crippen LogP contribution in [0, 0.1) is 0 Å². The summed E-state index contributed by atoms with van der Waals surface area (Å²) < 4.78 is 4.67. The average molecular weight is 214 g/mol. The van der Waals surface area contributed by atoms with Crippen LogP contribution in [0.15, 0.2) is 6.20 Å². The van der Waals surface area contributed by atoms with E-state index >= 15 is 0 Å². The van der Waals surface area contributed by atoms with E-state index in [-0.39, 0.29) is 4.99 Å². The van der Waals surface area contributed by atoms with Crippen molar-refractivity contribution < 1.29 is 9.53 Å². The quantitative estimate of drug-likeness (QED) is 0.641. The van der Waals surface area contributed by atoms with E-state index in [4.69, 9.17) is 18.0 Å². The molecule has 76 valence electrons. The highest BCUT2D eigenvalue weighted by Gasteiger charge is 2.10. The lowest BCUT2D eigenvalue weighted by atomic mass is 10.3. The highest BCUT2D eigenvalue weighted by molar-refractivity contribution is 7.80. The largest absolute Gasteiger partial charge is 0.450 e. The highest BCUT2D eigenvalue weighted by atomic mass is 32.1. The van der Waals surface area contributed by atoms with Crippen LogP contribution in [0.2, 0.25) is 0 Å². The van der Waals surface area contributed by atoms with Crippen molar-refractivity contribution in [2.75, 3.05) is 11.9 Å². The number of hydrogen-bond donors (Lipinski definition) is 3. The summed E-state index contributed by atoms with van der Waals surface area (Å²) >= 11 is 4.75. The number of nitrogens with one attached hydrogen (secondary N) is 2. The topological polar surface area (TPSA) is 93.0 Å². The lowest BCUT2D eigenvalue weighted by molar-refractivity contribution is 0.168. The molecule has 0 unspecified atom stereocenters. The number of nitrogens with two attached hydrogens (primary N) is 1. The molecule has 1 aromatic rings. The van der Waals surface area contributed by atoms with Crippen LogP contribution in [0.5, 0.6) is 0 Å². The van der Waals surface area contributed by atoms with Crippen LogP contribution in [0.1, 0.15) is 12.5 Å². The molecule has 0 aliphatic heterocycles. The smallest absolute Gasteiger partial charge is 0.412 e. The Hall–Kier alpha value is -1.63. The van der Waals surface area contributed by atoms with E-state index in [0.717, 1.165) is 0 Å². The maximum absolute atomic E-state index is 11.0. The van der Waals surface area contributed by atoms with Gasteiger partial charge >= 0.3 is 6.09 Å². The van der Waals surface area contributed by atoms with Crippen LogP contribution in [0.3, 0.4) is 0 Å². The van der Waals surface area contributed by atoms with E-state index < -0.39 is 6.09 Å². The Morgan fingerprint density at radius 3 is 3.14 bits per heavy atom. The minimum Gasteiger partial charge on any atom is -0.450 e. The molecule has 0 aliphatic rings. The van der Waals surface area contributed by atoms with Crippen molar-refractivity contribution in [2.24, 2.45) is 5.73 Å². The van der Waals surface area contributed by atoms with Crippen LogP contribution in [0.25, 0.3) is 0 Å². The summed E-state index contributed by atoms with van der Waals surface area (Å²) in [5, 5.41) is 8.67. The number of hydrogen-bond acceptors (Lipinski definition) is 4. The van der Waals surface area contributed by atoms with Gasteiger partial charge in [-0.3, -0.25) is 10.4 Å². The minimum atomic E-state index is -0.575. The Morgan fingerprint density at radius 1 is 1.86 bits per heavy atom. The first kappa shape index (κ1) is 10.5. The number of aromatic amines is 1. The predicted molar refractivity (Wildman–Crippen MR) is 55.1 cm³/mol. The van der Waals surface area contributed by atoms with Crippen LogP contribution < -0.4 is 11.1 Å². The Labute approximate surface area is 85.8 Å². The zero-order chi connectivity index (χ0) is 10.6. The van der Waals surface area contributed by atoms with E-state index in [9.17, 15) is 4.79 Å². The SMILES string of the molecule is CCOC(=O)Nc1[nH]ncc1C(N)=S. The number of nitrogens with zero attached hydrogens (tertiary/aromatic N) is 1. The van der Waals surface area contributed by atoms with Crippen LogP contribution in [0.4, 0.5) is 10.6 Å². The number of aromatic nitrogens is 2. The number of rotatable bonds is 3. The van der Waals surface area contributed by atoms with Gasteiger partial charge in [-0.05, 0) is 6.92 Å². The Kier molecular flexibility index (Phi) is 3.41. The van der Waals surface area contributed by atoms with Crippen molar-refractivity contribution in [1.29, 1.82) is 0 Å². The molecule has 0 radical (unpaired) electrons. The summed E-state index contributed by atoms with van der Waals surface area (Å²) in [6.45, 7) is 2.00. The summed E-state index contributed by atoms with van der Waals surface area (Å²) in [6.07, 6.45) is 0.860. The monoisotopic (exact) mass is 214 g/mol. The van der Waals surface area contributed by atoms with E-state index in [2.05, 4.69) is 20.3 Å². The second kappa shape index (κ2) is 4.56. The first-order valence-electron chi connectivity index (χ1n) is 3.92. The Balaban J connectivity index is 2.71. The molecule has 0 aliphatic carbocycles. The third kappa shape index (κ3) is 2.43. The summed E-state index contributed by atoms with van der Waals surface area (Å²) in [5.41, 5.74) is 5.87. The van der Waals surface area contributed by atoms with Crippen molar-refractivity contribution in [3.8, 4) is 0 Å². The molecule has 0 fully saturated rings. The minimum absolute atomic E-state index is 0.158. The number of carbonyl (C=O) groups is 1. The van der Waals surface area contributed by atoms with Crippen molar-refractivity contribution in [2.45, 2.75) is 6.92 Å². The molecule has 7 heteroatoms. The second-order valence-electron chi connectivity index (χ2n) is 2.37. The summed E-state index contributed by atoms with van der Waals surface area (Å²) in [4.78, 5) is 11.2. The molecule has 0 atom stereocenters. The highest BCUT2D eigenvalue weighted by Crippen LogP contribution is 2.10. The van der Waals surface area contributed by atoms with E-state index in [0.29, 0.717) is 18.0 Å². The van der Waals surface area contributed by atoms with E-state index in [1.54, 1.807) is 6.92 Å². The van der Waals surface area contributed by atoms with Crippen molar-refractivity contribution in [3.05, 3.63) is 11.8 Å². The fourth-order valence-electron chi connectivity index (χ4n) is 0.837. The fourth-order valence-corrected chi connectivity index (χ4v) is 0.992. The summed E-state index contributed by atoms with van der Waals surface area (Å²) in [7, 11) is 0. The fraction of sp³-hybridized carbons (Fsp3) is 0.286. The zero-order valence-electron chi connectivity index (χ0n) is 7.53. The average Bonchev–Trinajstić information content (AvgIpc) is 2.52. The van der Waals surface area contributed by atoms with Gasteiger partial charge in [-0.2, -0.15) is 5.10 Å². The molecule has 0 aromatic carbocycles. The van der Waals surface area contributed by atoms with Gasteiger partial charge in [0, 0.05) is 0 Å². The molecule has 0 saturated carbocycles. The van der Waals surface area contributed by atoms with Gasteiger partial charge in [-0.15, -0.1) is 0 Å². The first-order chi connectivity index (χ1) is 6.65. The van der Waals surface area contributed by atoms with Gasteiger partial charge in [0.2, 0.25) is 0 Å². The maximum Gasteiger partial charge on any atom is 0.412 e. The van der Waals surface area contributed by atoms with Gasteiger partial charge in [-0.1, -0.05) is 12.2 Å². The zero-order valence-corrected chi connectivity index (χ0v) is 8.35. The molecule has 0 spiro atoms. The molecule has 1 amide bonds. The number of amides is 1. The second-order valence-corrected chi connectivity index (χ2v) is 2.81. The Morgan fingerprint density at radius 2 is 2.57 bits per heavy atom. The molecule has 0 bridgehead atoms. The molecular weight excluding hydrogens is 204 g/mol. The number of anilines is 1. The third-order valence-corrected chi connectivity index (χ3v) is 1.63. The van der Waals surface area contributed by atoms with Gasteiger partial charge in [0.1, 0.15) is 10.8 Å². The maximum atomic E-state index is 11.0. The molecule has 6 nitrogen and oxygen atoms in total. The van der Waals surface area contributed by atoms with Crippen LogP contribution >= 0.6 is 12.2 Å². The molecular formula is C7H10N4O2S. The molecule has 1 aromatic heterocycles. The van der Waals surface area contributed by atoms with Crippen LogP contribution in [-0.2, 0) is 4.74 Å². The predicted octanol–water partition coefficient (Wildman–Crippen LogP) is 0.612. The Bertz CT molecular complexity index is 349. The molecule has 1 rings (SSSR count). The standard InChI is InChI=1S/C7H10N4O2S/c1-2-13-7(12)10-6-4(5(8)14)3-9-11-6/h3H,2H2,1H3,(H2,8,14)(H2,9,10,11,12). The van der Waals surface area contributed by atoms with E-state index in [1.807, 2.05) is 0 Å². The number of ether oxygens (including phenoxy) is 1. The van der Waals surface area contributed by atoms with Crippen molar-refractivity contribution >= 4 is 29.1 Å². The third-order valence-electron chi connectivity index (χ3n) is 1.41. The lowest BCUT2D eigenvalue weighted by Crippen LogP contribution is -2.17. The van der Waals surface area contributed by atoms with Gasteiger partial charge in [-0.25, -0.2) is 4.79 Å². The van der Waals surface area contributed by atoms with Gasteiger partial charge in [0.05, 0.1) is 18.4 Å². The lowest BCUT2D eigenvalue weighted by Gasteiger charge is -2.03. The first-order valence-corrected chi connectivity index (χ1v) is 4.33. The van der Waals surface area contributed by atoms with Crippen molar-refractivity contribution in [1.82, 2.24) is 10.2 Å². The normalized spacial score (nSPS) is 9.50. The van der Waals surface area contributed by atoms with E-state index in [1.165, 1.54) is 6.20 Å². The molecule has 1 heterocycles. The number of H-pyrrole nitrogens is 1. The molecule has 14 heavy (non-hydrogen) atoms. The number of carbonyl (C=O) groups excluding carboxylic acids is 1.